The van der Waals surface area contributed by atoms with E-state index in [1.807, 2.05) is 37.3 Å². The van der Waals surface area contributed by atoms with Gasteiger partial charge in [0, 0.05) is 48.0 Å². The van der Waals surface area contributed by atoms with E-state index in [4.69, 9.17) is 26.8 Å². The van der Waals surface area contributed by atoms with E-state index < -0.39 is 28.7 Å². The highest BCUT2D eigenvalue weighted by molar-refractivity contribution is 6.34. The second-order valence-electron chi connectivity index (χ2n) is 10.5. The third kappa shape index (κ3) is 5.06. The number of benzene rings is 2. The number of nitrogens with two attached hydrogens (primary N) is 1. The molecular weight excluding hydrogens is 528 g/mol. The zero-order valence-electron chi connectivity index (χ0n) is 21.7. The molecule has 0 radical (unpaired) electrons. The second-order valence-corrected chi connectivity index (χ2v) is 10.9. The van der Waals surface area contributed by atoms with Crippen molar-refractivity contribution in [2.75, 3.05) is 13.7 Å². The molecule has 0 unspecified atom stereocenters. The molecule has 0 bridgehead atoms. The van der Waals surface area contributed by atoms with E-state index in [9.17, 15) is 9.90 Å². The van der Waals surface area contributed by atoms with Crippen molar-refractivity contribution in [1.82, 2.24) is 10.3 Å². The molecule has 2 aliphatic rings. The molecule has 1 aliphatic carbocycles. The fourth-order valence-electron chi connectivity index (χ4n) is 5.60. The Bertz CT molecular complexity index is 1410. The molecule has 7 nitrogen and oxygen atoms in total. The molecular formula is C29H30ClF2N3O4. The summed E-state index contributed by atoms with van der Waals surface area (Å²) in [6.07, 6.45) is 4.23. The number of aliphatic hydroxyl groups is 1. The van der Waals surface area contributed by atoms with Crippen molar-refractivity contribution >= 4 is 17.5 Å². The van der Waals surface area contributed by atoms with Crippen molar-refractivity contribution in [2.45, 2.75) is 56.3 Å². The Morgan fingerprint density at radius 3 is 2.59 bits per heavy atom. The van der Waals surface area contributed by atoms with E-state index in [-0.39, 0.29) is 45.8 Å². The van der Waals surface area contributed by atoms with Gasteiger partial charge in [-0.05, 0) is 38.2 Å². The molecule has 3 aromatic rings. The van der Waals surface area contributed by atoms with Gasteiger partial charge in [-0.1, -0.05) is 41.9 Å². The number of aromatic nitrogens is 1. The first-order valence-corrected chi connectivity index (χ1v) is 13.2. The maximum absolute atomic E-state index is 15.7. The van der Waals surface area contributed by atoms with Crippen LogP contribution >= 0.6 is 11.6 Å². The van der Waals surface area contributed by atoms with Crippen LogP contribution in [-0.2, 0) is 12.0 Å². The molecule has 0 spiro atoms. The molecule has 1 aliphatic heterocycles. The summed E-state index contributed by atoms with van der Waals surface area (Å²) in [6, 6.07) is 10.8. The standard InChI is InChI=1S/C29H30ClF2N3O4/c1-28(37)10-8-17(9-11-28)35-15-29(16-6-4-3-5-7-16)13-18-21(39-29)12-20(31)24(30)22(18)23-19(26(33)36)14-34-27(38-2)25(23)32/h3-7,12,14,17,35,37H,8-11,13,15H2,1-2H3,(H2,33,36)/t17-,28+,29-/m1/s1. The van der Waals surface area contributed by atoms with Crippen LogP contribution in [0.4, 0.5) is 8.78 Å². The van der Waals surface area contributed by atoms with Gasteiger partial charge in [0.05, 0.1) is 23.3 Å². The third-order valence-corrected chi connectivity index (χ3v) is 8.16. The number of fused-ring (bicyclic) bond motifs is 1. The van der Waals surface area contributed by atoms with Gasteiger partial charge in [-0.3, -0.25) is 4.79 Å². The third-order valence-electron chi connectivity index (χ3n) is 7.79. The molecule has 4 N–H and O–H groups in total. The molecule has 2 aromatic carbocycles. The van der Waals surface area contributed by atoms with Crippen LogP contribution in [-0.4, -0.2) is 41.3 Å². The number of halogens is 3. The minimum atomic E-state index is -0.979. The summed E-state index contributed by atoms with van der Waals surface area (Å²) in [5.74, 6) is -2.95. The Morgan fingerprint density at radius 1 is 1.26 bits per heavy atom. The molecule has 1 fully saturated rings. The van der Waals surface area contributed by atoms with E-state index in [2.05, 4.69) is 10.3 Å². The molecule has 1 saturated carbocycles. The largest absolute Gasteiger partial charge is 0.480 e. The van der Waals surface area contributed by atoms with Crippen molar-refractivity contribution in [3.63, 3.8) is 0 Å². The van der Waals surface area contributed by atoms with Crippen molar-refractivity contribution in [1.29, 1.82) is 0 Å². The monoisotopic (exact) mass is 557 g/mol. The Hall–Kier alpha value is -3.27. The van der Waals surface area contributed by atoms with Crippen LogP contribution in [0.3, 0.4) is 0 Å². The molecule has 206 valence electrons. The Kier molecular flexibility index (Phi) is 7.26. The lowest BCUT2D eigenvalue weighted by Crippen LogP contribution is -2.48. The number of rotatable bonds is 7. The Labute approximate surface area is 230 Å². The van der Waals surface area contributed by atoms with Gasteiger partial charge in [-0.15, -0.1) is 0 Å². The normalized spacial score (nSPS) is 24.2. The number of ether oxygens (including phenoxy) is 2. The molecule has 39 heavy (non-hydrogen) atoms. The van der Waals surface area contributed by atoms with E-state index in [1.165, 1.54) is 13.2 Å². The summed E-state index contributed by atoms with van der Waals surface area (Å²) in [4.78, 5) is 16.1. The summed E-state index contributed by atoms with van der Waals surface area (Å²) in [5.41, 5.74) is 4.61. The van der Waals surface area contributed by atoms with Crippen molar-refractivity contribution in [2.24, 2.45) is 5.73 Å². The fourth-order valence-corrected chi connectivity index (χ4v) is 5.86. The zero-order chi connectivity index (χ0) is 27.9. The molecule has 1 aromatic heterocycles. The predicted octanol–water partition coefficient (Wildman–Crippen LogP) is 4.90. The van der Waals surface area contributed by atoms with Crippen LogP contribution in [0.2, 0.25) is 5.02 Å². The molecule has 1 atom stereocenters. The van der Waals surface area contributed by atoms with Gasteiger partial charge in [0.25, 0.3) is 11.8 Å². The number of nitrogens with one attached hydrogen (secondary N) is 1. The number of amides is 1. The van der Waals surface area contributed by atoms with Gasteiger partial charge >= 0.3 is 0 Å². The van der Waals surface area contributed by atoms with Crippen LogP contribution in [0.25, 0.3) is 11.1 Å². The Morgan fingerprint density at radius 2 is 1.95 bits per heavy atom. The SMILES string of the molecule is COc1ncc(C(N)=O)c(-c2c(Cl)c(F)cc3c2C[C@@](CN[C@H]2CC[C@@](C)(O)CC2)(c2ccccc2)O3)c1F. The number of primary amides is 1. The highest BCUT2D eigenvalue weighted by Gasteiger charge is 2.45. The highest BCUT2D eigenvalue weighted by atomic mass is 35.5. The van der Waals surface area contributed by atoms with Gasteiger partial charge in [0.2, 0.25) is 0 Å². The summed E-state index contributed by atoms with van der Waals surface area (Å²) in [6.45, 7) is 2.21. The Balaban J connectivity index is 1.61. The van der Waals surface area contributed by atoms with Crippen molar-refractivity contribution < 1.29 is 28.2 Å². The highest BCUT2D eigenvalue weighted by Crippen LogP contribution is 2.50. The number of carbonyl (C=O) groups is 1. The summed E-state index contributed by atoms with van der Waals surface area (Å²) in [7, 11) is 1.23. The van der Waals surface area contributed by atoms with Gasteiger partial charge in [0.1, 0.15) is 11.6 Å². The number of nitrogens with zero attached hydrogens (tertiary/aromatic N) is 1. The van der Waals surface area contributed by atoms with Gasteiger partial charge in [-0.2, -0.15) is 0 Å². The minimum Gasteiger partial charge on any atom is -0.480 e. The second kappa shape index (κ2) is 10.4. The lowest BCUT2D eigenvalue weighted by atomic mass is 9.82. The smallest absolute Gasteiger partial charge is 0.251 e. The molecule has 5 rings (SSSR count). The van der Waals surface area contributed by atoms with Crippen LogP contribution < -0.4 is 20.5 Å². The molecule has 0 saturated heterocycles. The number of hydrogen-bond acceptors (Lipinski definition) is 6. The number of hydrogen-bond donors (Lipinski definition) is 3. The van der Waals surface area contributed by atoms with E-state index in [0.717, 1.165) is 24.6 Å². The van der Waals surface area contributed by atoms with Crippen LogP contribution in [0.15, 0.2) is 42.6 Å². The lowest BCUT2D eigenvalue weighted by molar-refractivity contribution is 0.0104. The predicted molar refractivity (Wildman–Crippen MR) is 143 cm³/mol. The van der Waals surface area contributed by atoms with Crippen molar-refractivity contribution in [3.05, 3.63) is 75.9 Å². The first kappa shape index (κ1) is 27.3. The minimum absolute atomic E-state index is 0.0230. The average molecular weight is 558 g/mol. The summed E-state index contributed by atoms with van der Waals surface area (Å²) < 4.78 is 42.5. The quantitative estimate of drug-likeness (QED) is 0.381. The first-order valence-electron chi connectivity index (χ1n) is 12.8. The average Bonchev–Trinajstić information content (AvgIpc) is 3.28. The summed E-state index contributed by atoms with van der Waals surface area (Å²) in [5, 5.41) is 13.6. The number of methoxy groups -OCH3 is 1. The zero-order valence-corrected chi connectivity index (χ0v) is 22.4. The van der Waals surface area contributed by atoms with Gasteiger partial charge in [-0.25, -0.2) is 13.8 Å². The van der Waals surface area contributed by atoms with Gasteiger partial charge < -0.3 is 25.6 Å². The number of pyridine rings is 1. The van der Waals surface area contributed by atoms with Gasteiger partial charge in [0.15, 0.2) is 11.4 Å². The van der Waals surface area contributed by atoms with Crippen molar-refractivity contribution in [3.8, 4) is 22.8 Å². The number of carbonyl (C=O) groups excluding carboxylic acids is 1. The fraction of sp³-hybridized carbons (Fsp3) is 0.379. The van der Waals surface area contributed by atoms with E-state index >= 15 is 8.78 Å². The topological polar surface area (TPSA) is 107 Å². The first-order chi connectivity index (χ1) is 18.5. The van der Waals surface area contributed by atoms with Crippen LogP contribution in [0.5, 0.6) is 11.6 Å². The lowest BCUT2D eigenvalue weighted by Gasteiger charge is -2.36. The van der Waals surface area contributed by atoms with E-state index in [0.29, 0.717) is 24.9 Å². The molecule has 10 heteroatoms. The summed E-state index contributed by atoms with van der Waals surface area (Å²) >= 11 is 6.47. The van der Waals surface area contributed by atoms with Crippen LogP contribution in [0, 0.1) is 11.6 Å². The molecule has 1 amide bonds. The van der Waals surface area contributed by atoms with E-state index in [1.54, 1.807) is 0 Å². The molecule has 2 heterocycles. The maximum atomic E-state index is 15.7. The van der Waals surface area contributed by atoms with Crippen LogP contribution in [0.1, 0.15) is 54.1 Å². The maximum Gasteiger partial charge on any atom is 0.251 e.